The fourth-order valence-corrected chi connectivity index (χ4v) is 3.09. The molecular formula is C16H14Cl2FNO. The minimum Gasteiger partial charge on any atom is -0.492 e. The summed E-state index contributed by atoms with van der Waals surface area (Å²) in [6, 6.07) is 8.50. The lowest BCUT2D eigenvalue weighted by Gasteiger charge is -2.29. The Bertz CT molecular complexity index is 690. The summed E-state index contributed by atoms with van der Waals surface area (Å²) in [5, 5.41) is 4.43. The second-order valence-electron chi connectivity index (χ2n) is 5.05. The van der Waals surface area contributed by atoms with Gasteiger partial charge < -0.3 is 10.1 Å². The van der Waals surface area contributed by atoms with Crippen molar-refractivity contribution in [2.24, 2.45) is 0 Å². The molecule has 21 heavy (non-hydrogen) atoms. The van der Waals surface area contributed by atoms with E-state index in [0.717, 1.165) is 17.7 Å². The summed E-state index contributed by atoms with van der Waals surface area (Å²) in [7, 11) is 0. The molecule has 0 amide bonds. The number of hydrogen-bond donors (Lipinski definition) is 1. The topological polar surface area (TPSA) is 21.3 Å². The number of hydrogen-bond acceptors (Lipinski definition) is 2. The lowest BCUT2D eigenvalue weighted by atomic mass is 9.99. The van der Waals surface area contributed by atoms with E-state index in [4.69, 9.17) is 27.9 Å². The zero-order valence-corrected chi connectivity index (χ0v) is 12.9. The van der Waals surface area contributed by atoms with Crippen LogP contribution in [0.1, 0.15) is 23.6 Å². The van der Waals surface area contributed by atoms with Gasteiger partial charge in [-0.1, -0.05) is 29.3 Å². The summed E-state index contributed by atoms with van der Waals surface area (Å²) >= 11 is 12.3. The summed E-state index contributed by atoms with van der Waals surface area (Å²) in [5.74, 6) is 0.426. The van der Waals surface area contributed by atoms with Crippen molar-refractivity contribution < 1.29 is 9.13 Å². The molecule has 1 heterocycles. The third-order valence-corrected chi connectivity index (χ3v) is 4.16. The van der Waals surface area contributed by atoms with Gasteiger partial charge in [-0.3, -0.25) is 0 Å². The van der Waals surface area contributed by atoms with Crippen LogP contribution in [0.4, 0.5) is 10.1 Å². The third-order valence-electron chi connectivity index (χ3n) is 3.66. The molecule has 1 atom stereocenters. The molecule has 1 unspecified atom stereocenters. The summed E-state index contributed by atoms with van der Waals surface area (Å²) in [5.41, 5.74) is 2.27. The van der Waals surface area contributed by atoms with E-state index in [1.54, 1.807) is 19.1 Å². The second-order valence-corrected chi connectivity index (χ2v) is 5.90. The van der Waals surface area contributed by atoms with Gasteiger partial charge in [0.1, 0.15) is 11.6 Å². The fraction of sp³-hybridized carbons (Fsp3) is 0.250. The molecule has 0 bridgehead atoms. The van der Waals surface area contributed by atoms with Crippen LogP contribution < -0.4 is 10.1 Å². The van der Waals surface area contributed by atoms with E-state index in [9.17, 15) is 4.39 Å². The van der Waals surface area contributed by atoms with Gasteiger partial charge in [-0.25, -0.2) is 4.39 Å². The van der Waals surface area contributed by atoms with Crippen LogP contribution >= 0.6 is 23.2 Å². The molecule has 5 heteroatoms. The second kappa shape index (κ2) is 5.74. The Labute approximate surface area is 132 Å². The van der Waals surface area contributed by atoms with E-state index < -0.39 is 0 Å². The summed E-state index contributed by atoms with van der Waals surface area (Å²) in [6.07, 6.45) is 0.764. The summed E-state index contributed by atoms with van der Waals surface area (Å²) < 4.78 is 19.3. The van der Waals surface area contributed by atoms with Gasteiger partial charge in [-0.15, -0.1) is 0 Å². The van der Waals surface area contributed by atoms with Crippen molar-refractivity contribution in [3.05, 3.63) is 57.3 Å². The van der Waals surface area contributed by atoms with Crippen LogP contribution in [0, 0.1) is 12.7 Å². The van der Waals surface area contributed by atoms with Crippen LogP contribution in [0.25, 0.3) is 0 Å². The van der Waals surface area contributed by atoms with Gasteiger partial charge in [0, 0.05) is 28.3 Å². The highest BCUT2D eigenvalue weighted by atomic mass is 35.5. The van der Waals surface area contributed by atoms with Crippen molar-refractivity contribution in [3.8, 4) is 5.75 Å². The van der Waals surface area contributed by atoms with E-state index in [0.29, 0.717) is 28.0 Å². The standard InChI is InChI=1S/C16H14Cl2FNO/c1-9-13(19)3-2-4-14(9)20-15-5-6-21-16-11(15)7-10(17)8-12(16)18/h2-4,7-8,15,20H,5-6H2,1H3. The van der Waals surface area contributed by atoms with Crippen LogP contribution in [-0.4, -0.2) is 6.61 Å². The molecule has 1 aliphatic heterocycles. The molecule has 2 nitrogen and oxygen atoms in total. The molecule has 1 N–H and O–H groups in total. The Morgan fingerprint density at radius 2 is 2.10 bits per heavy atom. The molecule has 0 saturated heterocycles. The van der Waals surface area contributed by atoms with Crippen LogP contribution in [-0.2, 0) is 0 Å². The predicted octanol–water partition coefficient (Wildman–Crippen LogP) is 5.38. The van der Waals surface area contributed by atoms with Gasteiger partial charge in [0.05, 0.1) is 17.7 Å². The monoisotopic (exact) mass is 325 g/mol. The van der Waals surface area contributed by atoms with Crippen LogP contribution in [0.3, 0.4) is 0 Å². The lowest BCUT2D eigenvalue weighted by molar-refractivity contribution is 0.274. The Balaban J connectivity index is 1.97. The highest BCUT2D eigenvalue weighted by Crippen LogP contribution is 2.41. The Morgan fingerprint density at radius 3 is 2.90 bits per heavy atom. The minimum atomic E-state index is -0.226. The van der Waals surface area contributed by atoms with Gasteiger partial charge in [0.25, 0.3) is 0 Å². The number of nitrogens with one attached hydrogen (secondary N) is 1. The van der Waals surface area contributed by atoms with Crippen molar-refractivity contribution in [2.75, 3.05) is 11.9 Å². The van der Waals surface area contributed by atoms with Crippen molar-refractivity contribution in [1.82, 2.24) is 0 Å². The van der Waals surface area contributed by atoms with Crippen LogP contribution in [0.5, 0.6) is 5.75 Å². The molecule has 0 aliphatic carbocycles. The largest absolute Gasteiger partial charge is 0.492 e. The van der Waals surface area contributed by atoms with E-state index in [1.807, 2.05) is 12.1 Å². The first-order valence-corrected chi connectivity index (χ1v) is 7.45. The maximum atomic E-state index is 13.7. The first-order chi connectivity index (χ1) is 10.1. The van der Waals surface area contributed by atoms with Gasteiger partial charge >= 0.3 is 0 Å². The number of benzene rings is 2. The maximum Gasteiger partial charge on any atom is 0.143 e. The number of fused-ring (bicyclic) bond motifs is 1. The normalized spacial score (nSPS) is 17.0. The quantitative estimate of drug-likeness (QED) is 0.800. The van der Waals surface area contributed by atoms with E-state index in [-0.39, 0.29) is 11.9 Å². The van der Waals surface area contributed by atoms with Gasteiger partial charge in [0.2, 0.25) is 0 Å². The molecule has 110 valence electrons. The number of anilines is 1. The van der Waals surface area contributed by atoms with Crippen LogP contribution in [0.2, 0.25) is 10.0 Å². The number of ether oxygens (including phenoxy) is 1. The predicted molar refractivity (Wildman–Crippen MR) is 84.1 cm³/mol. The number of rotatable bonds is 2. The SMILES string of the molecule is Cc1c(F)cccc1NC1CCOc2c(Cl)cc(Cl)cc21. The maximum absolute atomic E-state index is 13.7. The zero-order valence-electron chi connectivity index (χ0n) is 11.4. The highest BCUT2D eigenvalue weighted by Gasteiger charge is 2.24. The smallest absolute Gasteiger partial charge is 0.143 e. The van der Waals surface area contributed by atoms with Gasteiger partial charge in [0.15, 0.2) is 0 Å². The van der Waals surface area contributed by atoms with Crippen LogP contribution in [0.15, 0.2) is 30.3 Å². The summed E-state index contributed by atoms with van der Waals surface area (Å²) in [6.45, 7) is 2.31. The van der Waals surface area contributed by atoms with E-state index in [1.165, 1.54) is 6.07 Å². The van der Waals surface area contributed by atoms with E-state index >= 15 is 0 Å². The molecule has 3 rings (SSSR count). The van der Waals surface area contributed by atoms with Crippen molar-refractivity contribution in [1.29, 1.82) is 0 Å². The molecule has 0 fully saturated rings. The molecule has 0 radical (unpaired) electrons. The average molecular weight is 326 g/mol. The molecule has 0 spiro atoms. The average Bonchev–Trinajstić information content (AvgIpc) is 2.44. The Morgan fingerprint density at radius 1 is 1.29 bits per heavy atom. The fourth-order valence-electron chi connectivity index (χ4n) is 2.53. The highest BCUT2D eigenvalue weighted by molar-refractivity contribution is 6.35. The summed E-state index contributed by atoms with van der Waals surface area (Å²) in [4.78, 5) is 0. The van der Waals surface area contributed by atoms with Gasteiger partial charge in [-0.2, -0.15) is 0 Å². The number of halogens is 3. The Kier molecular flexibility index (Phi) is 3.96. The molecular weight excluding hydrogens is 312 g/mol. The first kappa shape index (κ1) is 14.5. The van der Waals surface area contributed by atoms with E-state index in [2.05, 4.69) is 5.32 Å². The Hall–Kier alpha value is -1.45. The minimum absolute atomic E-state index is 0.00884. The molecule has 0 saturated carbocycles. The van der Waals surface area contributed by atoms with Crippen molar-refractivity contribution in [3.63, 3.8) is 0 Å². The van der Waals surface area contributed by atoms with Crippen molar-refractivity contribution in [2.45, 2.75) is 19.4 Å². The zero-order chi connectivity index (χ0) is 15.0. The lowest BCUT2D eigenvalue weighted by Crippen LogP contribution is -2.21. The molecule has 2 aromatic carbocycles. The molecule has 2 aromatic rings. The first-order valence-electron chi connectivity index (χ1n) is 6.69. The molecule has 1 aliphatic rings. The van der Waals surface area contributed by atoms with Gasteiger partial charge in [-0.05, 0) is 31.2 Å². The molecule has 0 aromatic heterocycles. The van der Waals surface area contributed by atoms with Crippen molar-refractivity contribution >= 4 is 28.9 Å². The third kappa shape index (κ3) is 2.81.